The number of anilines is 1. The molecule has 0 aromatic heterocycles. The van der Waals surface area contributed by atoms with Gasteiger partial charge in [0.15, 0.2) is 0 Å². The summed E-state index contributed by atoms with van der Waals surface area (Å²) in [7, 11) is 0. The first-order valence-electron chi connectivity index (χ1n) is 12.2. The molecular formula is C28H32N4O5. The molecule has 3 N–H and O–H groups in total. The summed E-state index contributed by atoms with van der Waals surface area (Å²) in [4.78, 5) is 62.3. The summed E-state index contributed by atoms with van der Waals surface area (Å²) in [5, 5.41) is 8.13. The Kier molecular flexibility index (Phi) is 9.32. The molecule has 1 aliphatic heterocycles. The average Bonchev–Trinajstić information content (AvgIpc) is 3.18. The van der Waals surface area contributed by atoms with Crippen molar-refractivity contribution in [2.45, 2.75) is 45.7 Å². The SMILES string of the molecule is CC(C)C(NC(=O)CCN1C(=O)C=CC1=O)C(=O)N[C@@H](C)C(=O)Nc1cccc(Cc2ccccc2)c1. The van der Waals surface area contributed by atoms with Crippen LogP contribution in [0.4, 0.5) is 5.69 Å². The summed E-state index contributed by atoms with van der Waals surface area (Å²) in [6, 6.07) is 15.8. The molecule has 0 aliphatic carbocycles. The number of hydrogen-bond acceptors (Lipinski definition) is 5. The Balaban J connectivity index is 1.52. The molecule has 37 heavy (non-hydrogen) atoms. The van der Waals surface area contributed by atoms with Gasteiger partial charge in [-0.15, -0.1) is 0 Å². The first kappa shape index (κ1) is 27.3. The summed E-state index contributed by atoms with van der Waals surface area (Å²) in [6.07, 6.45) is 2.89. The molecule has 0 radical (unpaired) electrons. The highest BCUT2D eigenvalue weighted by Gasteiger charge is 2.28. The van der Waals surface area contributed by atoms with Gasteiger partial charge < -0.3 is 16.0 Å². The molecule has 1 unspecified atom stereocenters. The number of hydrogen-bond donors (Lipinski definition) is 3. The Morgan fingerprint density at radius 2 is 1.46 bits per heavy atom. The molecule has 194 valence electrons. The molecule has 0 saturated heterocycles. The van der Waals surface area contributed by atoms with E-state index in [2.05, 4.69) is 16.0 Å². The molecule has 1 aliphatic rings. The van der Waals surface area contributed by atoms with Crippen molar-refractivity contribution in [2.24, 2.45) is 5.92 Å². The van der Waals surface area contributed by atoms with Crippen LogP contribution >= 0.6 is 0 Å². The lowest BCUT2D eigenvalue weighted by Crippen LogP contribution is -2.54. The minimum atomic E-state index is -0.889. The van der Waals surface area contributed by atoms with Crippen LogP contribution in [0.5, 0.6) is 0 Å². The summed E-state index contributed by atoms with van der Waals surface area (Å²) in [6.45, 7) is 5.03. The normalized spacial score (nSPS) is 14.4. The fraction of sp³-hybridized carbons (Fsp3) is 0.321. The maximum absolute atomic E-state index is 12.9. The van der Waals surface area contributed by atoms with E-state index >= 15 is 0 Å². The molecule has 0 bridgehead atoms. The monoisotopic (exact) mass is 504 g/mol. The van der Waals surface area contributed by atoms with Gasteiger partial charge in [0.25, 0.3) is 11.8 Å². The van der Waals surface area contributed by atoms with Crippen molar-refractivity contribution in [2.75, 3.05) is 11.9 Å². The number of benzene rings is 2. The van der Waals surface area contributed by atoms with Gasteiger partial charge in [0, 0.05) is 30.8 Å². The van der Waals surface area contributed by atoms with Crippen LogP contribution in [0, 0.1) is 5.92 Å². The molecule has 1 heterocycles. The summed E-state index contributed by atoms with van der Waals surface area (Å²) >= 11 is 0. The maximum Gasteiger partial charge on any atom is 0.253 e. The van der Waals surface area contributed by atoms with Gasteiger partial charge >= 0.3 is 0 Å². The Hall–Kier alpha value is -4.27. The van der Waals surface area contributed by atoms with Crippen LogP contribution in [0.1, 0.15) is 38.3 Å². The minimum absolute atomic E-state index is 0.0783. The molecule has 2 aromatic rings. The van der Waals surface area contributed by atoms with Crippen molar-refractivity contribution in [1.29, 1.82) is 0 Å². The quantitative estimate of drug-likeness (QED) is 0.405. The van der Waals surface area contributed by atoms with Gasteiger partial charge in [-0.25, -0.2) is 0 Å². The van der Waals surface area contributed by atoms with Crippen LogP contribution in [0.2, 0.25) is 0 Å². The van der Waals surface area contributed by atoms with Crippen molar-refractivity contribution in [3.8, 4) is 0 Å². The second-order valence-corrected chi connectivity index (χ2v) is 9.28. The topological polar surface area (TPSA) is 125 Å². The fourth-order valence-corrected chi connectivity index (χ4v) is 3.86. The Morgan fingerprint density at radius 3 is 2.11 bits per heavy atom. The number of nitrogens with one attached hydrogen (secondary N) is 3. The van der Waals surface area contributed by atoms with E-state index in [1.807, 2.05) is 48.5 Å². The third-order valence-electron chi connectivity index (χ3n) is 5.93. The number of carbonyl (C=O) groups excluding carboxylic acids is 5. The van der Waals surface area contributed by atoms with Gasteiger partial charge in [0.2, 0.25) is 17.7 Å². The molecule has 0 spiro atoms. The lowest BCUT2D eigenvalue weighted by atomic mass is 10.0. The van der Waals surface area contributed by atoms with Crippen LogP contribution in [-0.4, -0.2) is 53.1 Å². The smallest absolute Gasteiger partial charge is 0.253 e. The first-order valence-corrected chi connectivity index (χ1v) is 12.2. The van der Waals surface area contributed by atoms with Crippen LogP contribution in [-0.2, 0) is 30.4 Å². The van der Waals surface area contributed by atoms with Gasteiger partial charge in [-0.05, 0) is 42.5 Å². The molecule has 0 saturated carbocycles. The van der Waals surface area contributed by atoms with Crippen LogP contribution < -0.4 is 16.0 Å². The van der Waals surface area contributed by atoms with Gasteiger partial charge in [-0.3, -0.25) is 28.9 Å². The zero-order valence-electron chi connectivity index (χ0n) is 21.2. The summed E-state index contributed by atoms with van der Waals surface area (Å²) in [5.74, 6) is -2.57. The molecule has 5 amide bonds. The molecule has 9 nitrogen and oxygen atoms in total. The second kappa shape index (κ2) is 12.6. The average molecular weight is 505 g/mol. The third-order valence-corrected chi connectivity index (χ3v) is 5.93. The fourth-order valence-electron chi connectivity index (χ4n) is 3.86. The zero-order chi connectivity index (χ0) is 26.9. The van der Waals surface area contributed by atoms with E-state index in [9.17, 15) is 24.0 Å². The van der Waals surface area contributed by atoms with Gasteiger partial charge in [-0.1, -0.05) is 56.3 Å². The van der Waals surface area contributed by atoms with E-state index in [1.54, 1.807) is 26.8 Å². The number of rotatable bonds is 11. The lowest BCUT2D eigenvalue weighted by molar-refractivity contribution is -0.137. The van der Waals surface area contributed by atoms with Crippen molar-refractivity contribution < 1.29 is 24.0 Å². The highest BCUT2D eigenvalue weighted by atomic mass is 16.2. The number of carbonyl (C=O) groups is 5. The van der Waals surface area contributed by atoms with E-state index in [4.69, 9.17) is 0 Å². The Morgan fingerprint density at radius 1 is 0.811 bits per heavy atom. The van der Waals surface area contributed by atoms with E-state index in [-0.39, 0.29) is 18.9 Å². The van der Waals surface area contributed by atoms with Gasteiger partial charge in [-0.2, -0.15) is 0 Å². The second-order valence-electron chi connectivity index (χ2n) is 9.28. The highest BCUT2D eigenvalue weighted by molar-refractivity contribution is 6.13. The van der Waals surface area contributed by atoms with Crippen molar-refractivity contribution in [3.05, 3.63) is 77.9 Å². The van der Waals surface area contributed by atoms with Crippen molar-refractivity contribution >= 4 is 35.2 Å². The lowest BCUT2D eigenvalue weighted by Gasteiger charge is -2.24. The molecule has 2 atom stereocenters. The van der Waals surface area contributed by atoms with E-state index in [0.29, 0.717) is 5.69 Å². The van der Waals surface area contributed by atoms with E-state index in [1.165, 1.54) is 0 Å². The van der Waals surface area contributed by atoms with Crippen molar-refractivity contribution in [1.82, 2.24) is 15.5 Å². The Bertz CT molecular complexity index is 1170. The number of imide groups is 1. The zero-order valence-corrected chi connectivity index (χ0v) is 21.2. The summed E-state index contributed by atoms with van der Waals surface area (Å²) < 4.78 is 0. The third kappa shape index (κ3) is 7.86. The molecule has 3 rings (SSSR count). The van der Waals surface area contributed by atoms with E-state index < -0.39 is 41.6 Å². The van der Waals surface area contributed by atoms with Crippen molar-refractivity contribution in [3.63, 3.8) is 0 Å². The molecule has 2 aromatic carbocycles. The number of nitrogens with zero attached hydrogens (tertiary/aromatic N) is 1. The largest absolute Gasteiger partial charge is 0.344 e. The minimum Gasteiger partial charge on any atom is -0.344 e. The van der Waals surface area contributed by atoms with Gasteiger partial charge in [0.05, 0.1) is 0 Å². The van der Waals surface area contributed by atoms with Crippen LogP contribution in [0.25, 0.3) is 0 Å². The predicted octanol–water partition coefficient (Wildman–Crippen LogP) is 2.18. The predicted molar refractivity (Wildman–Crippen MR) is 139 cm³/mol. The Labute approximate surface area is 216 Å². The molecule has 0 fully saturated rings. The van der Waals surface area contributed by atoms with E-state index in [0.717, 1.165) is 34.6 Å². The number of amides is 5. The first-order chi connectivity index (χ1) is 17.6. The molecular weight excluding hydrogens is 472 g/mol. The maximum atomic E-state index is 12.9. The van der Waals surface area contributed by atoms with Crippen LogP contribution in [0.15, 0.2) is 66.7 Å². The van der Waals surface area contributed by atoms with Crippen LogP contribution in [0.3, 0.4) is 0 Å². The summed E-state index contributed by atoms with van der Waals surface area (Å²) in [5.41, 5.74) is 2.81. The molecule has 9 heteroatoms. The highest BCUT2D eigenvalue weighted by Crippen LogP contribution is 2.15. The standard InChI is InChI=1S/C28H32N4O5/c1-18(2)26(31-23(33)14-15-32-24(34)12-13-25(32)35)28(37)29-19(3)27(36)30-22-11-7-10-21(17-22)16-20-8-5-4-6-9-20/h4-13,17-19,26H,14-16H2,1-3H3,(H,29,37)(H,30,36)(H,31,33)/t19-,26?/m0/s1. The van der Waals surface area contributed by atoms with Gasteiger partial charge in [0.1, 0.15) is 12.1 Å².